The smallest absolute Gasteiger partial charge is 0.282 e. The third-order valence-electron chi connectivity index (χ3n) is 6.41. The molecule has 38 heavy (non-hydrogen) atoms. The van der Waals surface area contributed by atoms with E-state index in [-0.39, 0.29) is 11.5 Å². The van der Waals surface area contributed by atoms with E-state index in [4.69, 9.17) is 14.5 Å². The molecule has 1 aromatic heterocycles. The van der Waals surface area contributed by atoms with Crippen molar-refractivity contribution in [3.05, 3.63) is 110 Å². The Hall–Kier alpha value is -3.71. The van der Waals surface area contributed by atoms with E-state index < -0.39 is 0 Å². The molecular formula is C31H32BrN3O3. The van der Waals surface area contributed by atoms with E-state index in [1.165, 1.54) is 10.2 Å². The van der Waals surface area contributed by atoms with Gasteiger partial charge in [0, 0.05) is 16.0 Å². The average molecular weight is 575 g/mol. The first-order valence-electron chi connectivity index (χ1n) is 12.6. The summed E-state index contributed by atoms with van der Waals surface area (Å²) in [4.78, 5) is 18.2. The first kappa shape index (κ1) is 27.3. The minimum absolute atomic E-state index is 0.0520. The molecule has 7 heteroatoms. The lowest BCUT2D eigenvalue weighted by Crippen LogP contribution is -2.23. The van der Waals surface area contributed by atoms with E-state index in [0.29, 0.717) is 41.3 Å². The predicted molar refractivity (Wildman–Crippen MR) is 158 cm³/mol. The summed E-state index contributed by atoms with van der Waals surface area (Å²) < 4.78 is 14.2. The normalized spacial score (nSPS) is 12.1. The van der Waals surface area contributed by atoms with Gasteiger partial charge in [0.05, 0.1) is 24.2 Å². The molecule has 6 nitrogen and oxygen atoms in total. The van der Waals surface area contributed by atoms with Crippen molar-refractivity contribution in [2.75, 3.05) is 7.11 Å². The van der Waals surface area contributed by atoms with E-state index in [1.807, 2.05) is 49.4 Å². The van der Waals surface area contributed by atoms with Crippen LogP contribution < -0.4 is 15.0 Å². The number of benzene rings is 3. The summed E-state index contributed by atoms with van der Waals surface area (Å²) in [5, 5.41) is 5.12. The first-order chi connectivity index (χ1) is 18.3. The summed E-state index contributed by atoms with van der Waals surface area (Å²) in [7, 11) is 1.62. The van der Waals surface area contributed by atoms with E-state index in [2.05, 4.69) is 53.6 Å². The largest absolute Gasteiger partial charge is 0.493 e. The molecule has 4 rings (SSSR count). The van der Waals surface area contributed by atoms with Crippen LogP contribution in [0.25, 0.3) is 10.9 Å². The molecular weight excluding hydrogens is 542 g/mol. The number of ether oxygens (including phenoxy) is 2. The van der Waals surface area contributed by atoms with Crippen LogP contribution in [0.3, 0.4) is 0 Å². The third-order valence-corrected chi connectivity index (χ3v) is 6.91. The van der Waals surface area contributed by atoms with Crippen molar-refractivity contribution < 1.29 is 9.47 Å². The molecule has 1 atom stereocenters. The van der Waals surface area contributed by atoms with E-state index in [1.54, 1.807) is 19.4 Å². The van der Waals surface area contributed by atoms with Gasteiger partial charge in [-0.3, -0.25) is 4.79 Å². The second kappa shape index (κ2) is 12.2. The Morgan fingerprint density at radius 3 is 2.71 bits per heavy atom. The molecule has 0 saturated heterocycles. The van der Waals surface area contributed by atoms with Gasteiger partial charge >= 0.3 is 0 Å². The third kappa shape index (κ3) is 6.05. The minimum atomic E-state index is -0.209. The van der Waals surface area contributed by atoms with Crippen molar-refractivity contribution >= 4 is 33.0 Å². The Morgan fingerprint density at radius 2 is 2.00 bits per heavy atom. The lowest BCUT2D eigenvalue weighted by Gasteiger charge is -2.16. The Balaban J connectivity index is 1.75. The summed E-state index contributed by atoms with van der Waals surface area (Å²) >= 11 is 3.46. The van der Waals surface area contributed by atoms with Gasteiger partial charge in [0.1, 0.15) is 12.4 Å². The van der Waals surface area contributed by atoms with Crippen LogP contribution in [-0.4, -0.2) is 23.0 Å². The van der Waals surface area contributed by atoms with Gasteiger partial charge in [0.2, 0.25) is 0 Å². The number of hydrogen-bond donors (Lipinski definition) is 0. The maximum atomic E-state index is 13.5. The topological polar surface area (TPSA) is 65.7 Å². The summed E-state index contributed by atoms with van der Waals surface area (Å²) in [5.41, 5.74) is 4.40. The monoisotopic (exact) mass is 573 g/mol. The summed E-state index contributed by atoms with van der Waals surface area (Å²) in [6, 6.07) is 17.6. The van der Waals surface area contributed by atoms with Gasteiger partial charge in [-0.05, 0) is 61.2 Å². The predicted octanol–water partition coefficient (Wildman–Crippen LogP) is 7.18. The van der Waals surface area contributed by atoms with Gasteiger partial charge < -0.3 is 9.47 Å². The van der Waals surface area contributed by atoms with Crippen molar-refractivity contribution in [2.45, 2.75) is 46.1 Å². The molecule has 0 aliphatic rings. The lowest BCUT2D eigenvalue weighted by molar-refractivity contribution is 0.282. The highest BCUT2D eigenvalue weighted by molar-refractivity contribution is 9.10. The molecule has 0 amide bonds. The number of nitrogens with zero attached hydrogens (tertiary/aromatic N) is 3. The van der Waals surface area contributed by atoms with Crippen molar-refractivity contribution in [3.63, 3.8) is 0 Å². The second-order valence-corrected chi connectivity index (χ2v) is 10.2. The Labute approximate surface area is 231 Å². The van der Waals surface area contributed by atoms with Crippen molar-refractivity contribution in [1.82, 2.24) is 9.66 Å². The Bertz CT molecular complexity index is 1560. The van der Waals surface area contributed by atoms with Gasteiger partial charge in [-0.25, -0.2) is 4.98 Å². The maximum absolute atomic E-state index is 13.5. The molecule has 3 aromatic carbocycles. The summed E-state index contributed by atoms with van der Waals surface area (Å²) in [6.45, 7) is 10.5. The highest BCUT2D eigenvalue weighted by Crippen LogP contribution is 2.34. The van der Waals surface area contributed by atoms with Crippen LogP contribution in [0.1, 0.15) is 54.3 Å². The van der Waals surface area contributed by atoms with Crippen molar-refractivity contribution in [3.8, 4) is 11.5 Å². The molecule has 0 aliphatic heterocycles. The van der Waals surface area contributed by atoms with Crippen LogP contribution in [0, 0.1) is 6.92 Å². The van der Waals surface area contributed by atoms with Crippen LogP contribution in [0.2, 0.25) is 0 Å². The maximum Gasteiger partial charge on any atom is 0.282 e. The van der Waals surface area contributed by atoms with Crippen molar-refractivity contribution in [2.24, 2.45) is 5.10 Å². The van der Waals surface area contributed by atoms with Crippen LogP contribution in [0.5, 0.6) is 11.5 Å². The summed E-state index contributed by atoms with van der Waals surface area (Å²) in [5.74, 6) is 1.94. The van der Waals surface area contributed by atoms with Gasteiger partial charge in [0.25, 0.3) is 5.56 Å². The fourth-order valence-corrected chi connectivity index (χ4v) is 4.60. The standard InChI is InChI=1S/C31H32BrN3O3/c1-6-9-24-15-23(16-28(37-5)29(24)38-19-22-11-8-10-20(3)14-22)18-33-35-30(21(4)7-2)34-27-13-12-25(32)17-26(27)31(35)36/h6,8,10-18,21H,1,7,9,19H2,2-5H3/t21-/m1/s1. The van der Waals surface area contributed by atoms with Gasteiger partial charge in [-0.2, -0.15) is 9.78 Å². The zero-order valence-corrected chi connectivity index (χ0v) is 23.8. The van der Waals surface area contributed by atoms with E-state index in [9.17, 15) is 4.79 Å². The Kier molecular flexibility index (Phi) is 8.79. The fourth-order valence-electron chi connectivity index (χ4n) is 4.24. The number of aryl methyl sites for hydroxylation is 1. The number of aromatic nitrogens is 2. The minimum Gasteiger partial charge on any atom is -0.493 e. The molecule has 0 spiro atoms. The van der Waals surface area contributed by atoms with Crippen molar-refractivity contribution in [1.29, 1.82) is 0 Å². The SMILES string of the molecule is C=CCc1cc(C=Nn2c([C@H](C)CC)nc3ccc(Br)cc3c2=O)cc(OC)c1OCc1cccc(C)c1. The molecule has 0 fully saturated rings. The number of methoxy groups -OCH3 is 1. The van der Waals surface area contributed by atoms with Crippen LogP contribution >= 0.6 is 15.9 Å². The van der Waals surface area contributed by atoms with Gasteiger partial charge in [-0.1, -0.05) is 65.7 Å². The zero-order valence-electron chi connectivity index (χ0n) is 22.2. The number of fused-ring (bicyclic) bond motifs is 1. The molecule has 0 N–H and O–H groups in total. The van der Waals surface area contributed by atoms with E-state index >= 15 is 0 Å². The molecule has 0 unspecified atom stereocenters. The van der Waals surface area contributed by atoms with Gasteiger partial charge in [0.15, 0.2) is 11.5 Å². The molecule has 0 radical (unpaired) electrons. The Morgan fingerprint density at radius 1 is 1.18 bits per heavy atom. The highest BCUT2D eigenvalue weighted by atomic mass is 79.9. The zero-order chi connectivity index (χ0) is 27.2. The summed E-state index contributed by atoms with van der Waals surface area (Å²) in [6.07, 6.45) is 4.91. The van der Waals surface area contributed by atoms with Crippen LogP contribution in [0.15, 0.2) is 81.6 Å². The molecule has 4 aromatic rings. The quantitative estimate of drug-likeness (QED) is 0.149. The molecule has 196 valence electrons. The van der Waals surface area contributed by atoms with Crippen LogP contribution in [0.4, 0.5) is 0 Å². The number of hydrogen-bond acceptors (Lipinski definition) is 5. The molecule has 1 heterocycles. The van der Waals surface area contributed by atoms with Crippen LogP contribution in [-0.2, 0) is 13.0 Å². The number of halogens is 1. The molecule has 0 bridgehead atoms. The number of rotatable bonds is 10. The second-order valence-electron chi connectivity index (χ2n) is 9.28. The van der Waals surface area contributed by atoms with E-state index in [0.717, 1.165) is 27.6 Å². The lowest BCUT2D eigenvalue weighted by atomic mass is 10.1. The number of allylic oxidation sites excluding steroid dienone is 1. The average Bonchev–Trinajstić information content (AvgIpc) is 2.91. The molecule has 0 aliphatic carbocycles. The fraction of sp³-hybridized carbons (Fsp3) is 0.258. The first-order valence-corrected chi connectivity index (χ1v) is 13.4. The van der Waals surface area contributed by atoms with Gasteiger partial charge in [-0.15, -0.1) is 6.58 Å². The molecule has 0 saturated carbocycles. The highest BCUT2D eigenvalue weighted by Gasteiger charge is 2.17.